The molecule has 0 aromatic heterocycles. The van der Waals surface area contributed by atoms with Crippen LogP contribution in [-0.2, 0) is 6.42 Å². The van der Waals surface area contributed by atoms with Crippen molar-refractivity contribution in [2.45, 2.75) is 47.5 Å². The van der Waals surface area contributed by atoms with Crippen LogP contribution in [0, 0.1) is 0 Å². The van der Waals surface area contributed by atoms with Crippen LogP contribution in [0.1, 0.15) is 46.6 Å². The zero-order chi connectivity index (χ0) is 12.1. The first-order chi connectivity index (χ1) is 7.36. The van der Waals surface area contributed by atoms with Crippen molar-refractivity contribution < 1.29 is 5.21 Å². The summed E-state index contributed by atoms with van der Waals surface area (Å²) in [5, 5.41) is 8.51. The molecule has 0 aliphatic heterocycles. The summed E-state index contributed by atoms with van der Waals surface area (Å²) in [6.45, 7) is 10.2. The molecule has 0 aliphatic rings. The molecule has 1 aromatic carbocycles. The zero-order valence-corrected chi connectivity index (χ0v) is 10.7. The van der Waals surface area contributed by atoms with Gasteiger partial charge in [-0.1, -0.05) is 53.2 Å². The van der Waals surface area contributed by atoms with Crippen molar-refractivity contribution in [3.8, 4) is 0 Å². The predicted molar refractivity (Wildman–Crippen MR) is 68.5 cm³/mol. The fraction of sp³-hybridized carbons (Fsp3) is 0.538. The summed E-state index contributed by atoms with van der Waals surface area (Å²) in [6.07, 6.45) is 2.26. The van der Waals surface area contributed by atoms with Crippen LogP contribution in [0.15, 0.2) is 24.3 Å². The molecule has 0 saturated heterocycles. The van der Waals surface area contributed by atoms with Crippen LogP contribution >= 0.6 is 0 Å². The quantitative estimate of drug-likeness (QED) is 0.722. The Labute approximate surface area is 94.3 Å². The van der Waals surface area contributed by atoms with Gasteiger partial charge in [0.05, 0.1) is 5.69 Å². The summed E-state index contributed by atoms with van der Waals surface area (Å²) in [6, 6.07) is 7.76. The Bertz CT molecular complexity index is 206. The SMILES string of the molecule is CC.CC.CCCc1ccc(NO)cc1. The highest BCUT2D eigenvalue weighted by Crippen LogP contribution is 2.09. The van der Waals surface area contributed by atoms with Gasteiger partial charge in [0.2, 0.25) is 0 Å². The van der Waals surface area contributed by atoms with E-state index in [0.717, 1.165) is 18.5 Å². The Morgan fingerprint density at radius 2 is 1.47 bits per heavy atom. The van der Waals surface area contributed by atoms with Crippen LogP contribution in [0.3, 0.4) is 0 Å². The number of aryl methyl sites for hydroxylation is 1. The first kappa shape index (κ1) is 16.4. The average molecular weight is 211 g/mol. The molecule has 15 heavy (non-hydrogen) atoms. The van der Waals surface area contributed by atoms with Gasteiger partial charge in [0, 0.05) is 0 Å². The van der Waals surface area contributed by atoms with E-state index in [1.165, 1.54) is 5.56 Å². The molecule has 0 heterocycles. The summed E-state index contributed by atoms with van der Waals surface area (Å²) < 4.78 is 0. The highest BCUT2D eigenvalue weighted by atomic mass is 16.5. The smallest absolute Gasteiger partial charge is 0.0602 e. The molecule has 0 radical (unpaired) electrons. The number of rotatable bonds is 3. The minimum Gasteiger partial charge on any atom is -0.291 e. The van der Waals surface area contributed by atoms with Crippen LogP contribution in [0.25, 0.3) is 0 Å². The van der Waals surface area contributed by atoms with E-state index < -0.39 is 0 Å². The van der Waals surface area contributed by atoms with Crippen LogP contribution in [-0.4, -0.2) is 5.21 Å². The van der Waals surface area contributed by atoms with Gasteiger partial charge in [-0.25, -0.2) is 0 Å². The first-order valence-electron chi connectivity index (χ1n) is 5.86. The van der Waals surface area contributed by atoms with Gasteiger partial charge in [0.25, 0.3) is 0 Å². The van der Waals surface area contributed by atoms with Gasteiger partial charge in [-0.15, -0.1) is 0 Å². The predicted octanol–water partition coefficient (Wildman–Crippen LogP) is 4.49. The van der Waals surface area contributed by atoms with Crippen molar-refractivity contribution in [2.24, 2.45) is 0 Å². The summed E-state index contributed by atoms with van der Waals surface area (Å²) in [5.41, 5.74) is 4.15. The third kappa shape index (κ3) is 8.01. The number of hydrogen-bond donors (Lipinski definition) is 2. The number of anilines is 1. The lowest BCUT2D eigenvalue weighted by Crippen LogP contribution is -1.89. The third-order valence-electron chi connectivity index (χ3n) is 1.62. The van der Waals surface area contributed by atoms with Crippen LogP contribution in [0.4, 0.5) is 5.69 Å². The maximum atomic E-state index is 8.51. The molecule has 1 aromatic rings. The zero-order valence-electron chi connectivity index (χ0n) is 10.7. The summed E-state index contributed by atoms with van der Waals surface area (Å²) in [7, 11) is 0. The van der Waals surface area contributed by atoms with Gasteiger partial charge >= 0.3 is 0 Å². The number of benzene rings is 1. The molecule has 0 atom stereocenters. The minimum atomic E-state index is 0.741. The van der Waals surface area contributed by atoms with Gasteiger partial charge in [0.1, 0.15) is 0 Å². The third-order valence-corrected chi connectivity index (χ3v) is 1.62. The van der Waals surface area contributed by atoms with E-state index in [-0.39, 0.29) is 0 Å². The molecule has 0 amide bonds. The van der Waals surface area contributed by atoms with Crippen molar-refractivity contribution in [3.05, 3.63) is 29.8 Å². The standard InChI is InChI=1S/C9H13NO.2C2H6/c1-2-3-8-4-6-9(10-11)7-5-8;2*1-2/h4-7,10-11H,2-3H2,1H3;2*1-2H3. The maximum absolute atomic E-state index is 8.51. The molecule has 0 saturated carbocycles. The Hall–Kier alpha value is -1.02. The second-order valence-corrected chi connectivity index (χ2v) is 2.56. The normalized spacial score (nSPS) is 7.87. The Morgan fingerprint density at radius 3 is 1.80 bits per heavy atom. The summed E-state index contributed by atoms with van der Waals surface area (Å²) >= 11 is 0. The van der Waals surface area contributed by atoms with Gasteiger partial charge in [-0.2, -0.15) is 0 Å². The molecule has 0 spiro atoms. The fourth-order valence-corrected chi connectivity index (χ4v) is 1.03. The van der Waals surface area contributed by atoms with Crippen molar-refractivity contribution >= 4 is 5.69 Å². The monoisotopic (exact) mass is 211 g/mol. The molecular formula is C13H25NO. The lowest BCUT2D eigenvalue weighted by molar-refractivity contribution is 0.389. The van der Waals surface area contributed by atoms with E-state index in [2.05, 4.69) is 12.4 Å². The summed E-state index contributed by atoms with van der Waals surface area (Å²) in [4.78, 5) is 0. The number of hydrogen-bond acceptors (Lipinski definition) is 2. The number of nitrogens with one attached hydrogen (secondary N) is 1. The summed E-state index contributed by atoms with van der Waals surface area (Å²) in [5.74, 6) is 0. The lowest BCUT2D eigenvalue weighted by Gasteiger charge is -2.00. The molecule has 0 unspecified atom stereocenters. The molecule has 2 nitrogen and oxygen atoms in total. The van der Waals surface area contributed by atoms with Gasteiger partial charge in [-0.3, -0.25) is 10.7 Å². The Balaban J connectivity index is 0. The van der Waals surface area contributed by atoms with Crippen LogP contribution in [0.2, 0.25) is 0 Å². The molecule has 0 fully saturated rings. The van der Waals surface area contributed by atoms with E-state index in [0.29, 0.717) is 0 Å². The minimum absolute atomic E-state index is 0.741. The topological polar surface area (TPSA) is 32.3 Å². The molecule has 2 heteroatoms. The maximum Gasteiger partial charge on any atom is 0.0602 e. The largest absolute Gasteiger partial charge is 0.291 e. The fourth-order valence-electron chi connectivity index (χ4n) is 1.03. The van der Waals surface area contributed by atoms with E-state index in [1.807, 2.05) is 52.0 Å². The Morgan fingerprint density at radius 1 is 1.00 bits per heavy atom. The lowest BCUT2D eigenvalue weighted by atomic mass is 10.1. The molecule has 0 bridgehead atoms. The average Bonchev–Trinajstić information content (AvgIpc) is 2.36. The molecule has 0 aliphatic carbocycles. The van der Waals surface area contributed by atoms with Gasteiger partial charge in [-0.05, 0) is 24.1 Å². The Kier molecular flexibility index (Phi) is 14.2. The second-order valence-electron chi connectivity index (χ2n) is 2.56. The molecule has 1 rings (SSSR count). The van der Waals surface area contributed by atoms with Crippen LogP contribution in [0.5, 0.6) is 0 Å². The highest BCUT2D eigenvalue weighted by molar-refractivity contribution is 5.42. The molecule has 88 valence electrons. The van der Waals surface area contributed by atoms with E-state index in [1.54, 1.807) is 0 Å². The van der Waals surface area contributed by atoms with Gasteiger partial charge < -0.3 is 0 Å². The van der Waals surface area contributed by atoms with E-state index >= 15 is 0 Å². The molecule has 2 N–H and O–H groups in total. The molecular weight excluding hydrogens is 186 g/mol. The highest BCUT2D eigenvalue weighted by Gasteiger charge is 1.90. The van der Waals surface area contributed by atoms with Crippen molar-refractivity contribution in [1.82, 2.24) is 0 Å². The van der Waals surface area contributed by atoms with Crippen molar-refractivity contribution in [2.75, 3.05) is 5.48 Å². The second kappa shape index (κ2) is 13.0. The van der Waals surface area contributed by atoms with E-state index in [9.17, 15) is 0 Å². The van der Waals surface area contributed by atoms with Crippen LogP contribution < -0.4 is 5.48 Å². The van der Waals surface area contributed by atoms with Gasteiger partial charge in [0.15, 0.2) is 0 Å². The van der Waals surface area contributed by atoms with Crippen molar-refractivity contribution in [3.63, 3.8) is 0 Å². The van der Waals surface area contributed by atoms with E-state index in [4.69, 9.17) is 5.21 Å². The van der Waals surface area contributed by atoms with Crippen molar-refractivity contribution in [1.29, 1.82) is 0 Å². The first-order valence-corrected chi connectivity index (χ1v) is 5.86.